The van der Waals surface area contributed by atoms with E-state index in [4.69, 9.17) is 11.6 Å². The van der Waals surface area contributed by atoms with E-state index in [1.165, 1.54) is 6.07 Å². The van der Waals surface area contributed by atoms with Gasteiger partial charge in [0.05, 0.1) is 8.49 Å². The van der Waals surface area contributed by atoms with E-state index in [2.05, 4.69) is 0 Å². The second-order valence-electron chi connectivity index (χ2n) is 2.62. The van der Waals surface area contributed by atoms with Gasteiger partial charge in [0.1, 0.15) is 5.56 Å². The zero-order chi connectivity index (χ0) is 10.9. The average Bonchev–Trinajstić information content (AvgIpc) is 2.08. The lowest BCUT2D eigenvalue weighted by Gasteiger charge is -2.02. The summed E-state index contributed by atoms with van der Waals surface area (Å²) in [4.78, 5) is 21.0. The molecule has 4 nitrogen and oxygen atoms in total. The quantitative estimate of drug-likeness (QED) is 0.363. The molecule has 74 valence electrons. The van der Waals surface area contributed by atoms with Crippen molar-refractivity contribution in [1.82, 2.24) is 0 Å². The first-order valence-electron chi connectivity index (χ1n) is 3.58. The number of rotatable bonds is 2. The smallest absolute Gasteiger partial charge is 0.275 e. The Hall–Kier alpha value is -0.690. The molecule has 0 radical (unpaired) electrons. The number of hydrogen-bond donors (Lipinski definition) is 0. The second-order valence-corrected chi connectivity index (χ2v) is 4.05. The number of nitrogens with zero attached hydrogens (tertiary/aromatic N) is 1. The Labute approximate surface area is 98.5 Å². The lowest BCUT2D eigenvalue weighted by molar-refractivity contribution is -0.386. The van der Waals surface area contributed by atoms with E-state index >= 15 is 0 Å². The number of carbonyl (C=O) groups excluding carboxylic acids is 1. The largest absolute Gasteiger partial charge is 0.294 e. The van der Waals surface area contributed by atoms with Gasteiger partial charge in [0.2, 0.25) is 0 Å². The number of halogens is 2. The lowest BCUT2D eigenvalue weighted by Crippen LogP contribution is -2.02. The van der Waals surface area contributed by atoms with Crippen molar-refractivity contribution in [1.29, 1.82) is 0 Å². The summed E-state index contributed by atoms with van der Waals surface area (Å²) in [5.74, 6) is 0. The Kier molecular flexibility index (Phi) is 3.43. The van der Waals surface area contributed by atoms with Crippen molar-refractivity contribution in [3.8, 4) is 0 Å². The molecule has 0 fully saturated rings. The lowest BCUT2D eigenvalue weighted by atomic mass is 10.1. The highest BCUT2D eigenvalue weighted by Crippen LogP contribution is 2.29. The van der Waals surface area contributed by atoms with Crippen LogP contribution in [-0.4, -0.2) is 10.2 Å². The van der Waals surface area contributed by atoms with Gasteiger partial charge in [-0.2, -0.15) is 0 Å². The summed E-state index contributed by atoms with van der Waals surface area (Å²) >= 11 is 7.06. The summed E-state index contributed by atoms with van der Waals surface area (Å²) in [6.45, 7) is 1.73. The Bertz CT molecular complexity index is 419. The minimum absolute atomic E-state index is 0.0633. The van der Waals surface area contributed by atoms with Crippen molar-refractivity contribution in [3.05, 3.63) is 36.9 Å². The van der Waals surface area contributed by atoms with Gasteiger partial charge in [-0.25, -0.2) is 0 Å². The normalized spacial score (nSPS) is 9.93. The zero-order valence-corrected chi connectivity index (χ0v) is 10.00. The van der Waals surface area contributed by atoms with Crippen LogP contribution in [-0.2, 0) is 0 Å². The first-order chi connectivity index (χ1) is 6.45. The van der Waals surface area contributed by atoms with Crippen LogP contribution in [0.15, 0.2) is 12.1 Å². The van der Waals surface area contributed by atoms with Crippen LogP contribution in [0.25, 0.3) is 0 Å². The van der Waals surface area contributed by atoms with Gasteiger partial charge in [-0.1, -0.05) is 6.07 Å². The predicted octanol–water partition coefficient (Wildman–Crippen LogP) is 2.89. The van der Waals surface area contributed by atoms with E-state index in [0.717, 1.165) is 5.56 Å². The maximum Gasteiger partial charge on any atom is 0.294 e. The molecule has 0 atom stereocenters. The highest BCUT2D eigenvalue weighted by molar-refractivity contribution is 14.1. The highest BCUT2D eigenvalue weighted by Gasteiger charge is 2.23. The molecule has 1 aromatic carbocycles. The molecular weight excluding hydrogens is 320 g/mol. The summed E-state index contributed by atoms with van der Waals surface area (Å²) in [5, 5.41) is 9.88. The number of carbonyl (C=O) groups is 1. The van der Waals surface area contributed by atoms with Crippen LogP contribution >= 0.6 is 34.2 Å². The number of nitro groups is 1. The maximum absolute atomic E-state index is 10.9. The van der Waals surface area contributed by atoms with E-state index in [9.17, 15) is 14.9 Å². The number of aryl methyl sites for hydroxylation is 1. The topological polar surface area (TPSA) is 60.2 Å². The molecule has 1 rings (SSSR count). The molecule has 0 aliphatic rings. The van der Waals surface area contributed by atoms with Gasteiger partial charge in [-0.3, -0.25) is 14.9 Å². The predicted molar refractivity (Wildman–Crippen MR) is 60.7 cm³/mol. The molecule has 0 aromatic heterocycles. The van der Waals surface area contributed by atoms with Gasteiger partial charge in [0.25, 0.3) is 10.9 Å². The van der Waals surface area contributed by atoms with Crippen molar-refractivity contribution in [3.63, 3.8) is 0 Å². The van der Waals surface area contributed by atoms with E-state index < -0.39 is 10.2 Å². The Morgan fingerprint density at radius 2 is 2.14 bits per heavy atom. The Morgan fingerprint density at radius 3 is 2.57 bits per heavy atom. The third kappa shape index (κ3) is 2.03. The van der Waals surface area contributed by atoms with Crippen LogP contribution in [0.2, 0.25) is 0 Å². The molecule has 0 bridgehead atoms. The van der Waals surface area contributed by atoms with Crippen molar-refractivity contribution < 1.29 is 9.72 Å². The molecule has 0 unspecified atom stereocenters. The van der Waals surface area contributed by atoms with Gasteiger partial charge >= 0.3 is 0 Å². The van der Waals surface area contributed by atoms with Crippen molar-refractivity contribution >= 4 is 45.1 Å². The minimum Gasteiger partial charge on any atom is -0.275 e. The van der Waals surface area contributed by atoms with Crippen LogP contribution in [0, 0.1) is 20.6 Å². The van der Waals surface area contributed by atoms with E-state index in [1.54, 1.807) is 13.0 Å². The average molecular weight is 325 g/mol. The van der Waals surface area contributed by atoms with E-state index in [1.807, 2.05) is 22.6 Å². The van der Waals surface area contributed by atoms with Gasteiger partial charge in [-0.05, 0) is 52.7 Å². The van der Waals surface area contributed by atoms with Crippen molar-refractivity contribution in [2.75, 3.05) is 0 Å². The fourth-order valence-electron chi connectivity index (χ4n) is 1.00. The third-order valence-corrected chi connectivity index (χ3v) is 3.27. The van der Waals surface area contributed by atoms with Gasteiger partial charge in [0.15, 0.2) is 0 Å². The summed E-state index contributed by atoms with van der Waals surface area (Å²) in [5.41, 5.74) is 0.469. The molecule has 0 N–H and O–H groups in total. The summed E-state index contributed by atoms with van der Waals surface area (Å²) < 4.78 is 0.444. The van der Waals surface area contributed by atoms with Crippen LogP contribution < -0.4 is 0 Å². The summed E-state index contributed by atoms with van der Waals surface area (Å²) in [6.07, 6.45) is 0. The minimum atomic E-state index is -0.811. The fraction of sp³-hybridized carbons (Fsp3) is 0.125. The molecule has 0 saturated carbocycles. The summed E-state index contributed by atoms with van der Waals surface area (Å²) in [7, 11) is 0. The molecule has 14 heavy (non-hydrogen) atoms. The standard InChI is InChI=1S/C8H5ClINO3/c1-4-2-3-5(8(9)12)7(6(4)10)11(13)14/h2-3H,1H3. The summed E-state index contributed by atoms with van der Waals surface area (Å²) in [6, 6.07) is 3.00. The second kappa shape index (κ2) is 4.22. The molecule has 0 saturated heterocycles. The Morgan fingerprint density at radius 1 is 1.57 bits per heavy atom. The molecule has 6 heteroatoms. The zero-order valence-electron chi connectivity index (χ0n) is 7.08. The molecular formula is C8H5ClINO3. The fourth-order valence-corrected chi connectivity index (χ4v) is 1.82. The molecule has 0 amide bonds. The maximum atomic E-state index is 10.9. The van der Waals surface area contributed by atoms with Crippen molar-refractivity contribution in [2.24, 2.45) is 0 Å². The monoisotopic (exact) mass is 325 g/mol. The van der Waals surface area contributed by atoms with E-state index in [-0.39, 0.29) is 11.3 Å². The van der Waals surface area contributed by atoms with E-state index in [0.29, 0.717) is 3.57 Å². The number of hydrogen-bond acceptors (Lipinski definition) is 3. The number of nitro benzene ring substituents is 1. The molecule has 0 spiro atoms. The first-order valence-corrected chi connectivity index (χ1v) is 5.04. The molecule has 0 aliphatic heterocycles. The first kappa shape index (κ1) is 11.4. The van der Waals surface area contributed by atoms with Crippen LogP contribution in [0.3, 0.4) is 0 Å². The van der Waals surface area contributed by atoms with Crippen LogP contribution in [0.5, 0.6) is 0 Å². The van der Waals surface area contributed by atoms with Gasteiger partial charge in [0, 0.05) is 0 Å². The van der Waals surface area contributed by atoms with Gasteiger partial charge < -0.3 is 0 Å². The Balaban J connectivity index is 3.53. The molecule has 0 heterocycles. The molecule has 0 aliphatic carbocycles. The molecule has 1 aromatic rings. The third-order valence-electron chi connectivity index (χ3n) is 1.70. The SMILES string of the molecule is Cc1ccc(C(=O)Cl)c([N+](=O)[O-])c1I. The van der Waals surface area contributed by atoms with Crippen LogP contribution in [0.4, 0.5) is 5.69 Å². The highest BCUT2D eigenvalue weighted by atomic mass is 127. The van der Waals surface area contributed by atoms with Crippen molar-refractivity contribution in [2.45, 2.75) is 6.92 Å². The van der Waals surface area contributed by atoms with Crippen LogP contribution in [0.1, 0.15) is 15.9 Å². The van der Waals surface area contributed by atoms with Gasteiger partial charge in [-0.15, -0.1) is 0 Å². The number of benzene rings is 1.